The molecule has 4 rings (SSSR count). The van der Waals surface area contributed by atoms with Crippen molar-refractivity contribution in [3.63, 3.8) is 0 Å². The van der Waals surface area contributed by atoms with E-state index < -0.39 is 40.0 Å². The molecule has 5 nitrogen and oxygen atoms in total. The molecule has 0 heterocycles. The predicted molar refractivity (Wildman–Crippen MR) is 113 cm³/mol. The lowest BCUT2D eigenvalue weighted by atomic mass is 9.45. The van der Waals surface area contributed by atoms with Gasteiger partial charge in [-0.1, -0.05) is 32.4 Å². The van der Waals surface area contributed by atoms with E-state index in [2.05, 4.69) is 0 Å². The van der Waals surface area contributed by atoms with Gasteiger partial charge in [-0.2, -0.15) is 0 Å². The molecule has 3 saturated carbocycles. The Morgan fingerprint density at radius 1 is 1.26 bits per heavy atom. The van der Waals surface area contributed by atoms with Gasteiger partial charge in [-0.05, 0) is 69.4 Å². The van der Waals surface area contributed by atoms with Crippen molar-refractivity contribution in [1.82, 2.24) is 0 Å². The molecule has 0 bridgehead atoms. The number of fused-ring (bicyclic) bond motifs is 5. The van der Waals surface area contributed by atoms with E-state index >= 15 is 4.39 Å². The van der Waals surface area contributed by atoms with Crippen molar-refractivity contribution in [2.75, 3.05) is 0 Å². The van der Waals surface area contributed by atoms with E-state index in [1.807, 2.05) is 27.7 Å². The smallest absolute Gasteiger partial charge is 0.349 e. The number of carboxylic acids is 1. The number of rotatable bonds is 4. The van der Waals surface area contributed by atoms with Crippen LogP contribution in [0.5, 0.6) is 0 Å². The Labute approximate surface area is 183 Å². The van der Waals surface area contributed by atoms with Crippen LogP contribution in [-0.2, 0) is 19.1 Å². The van der Waals surface area contributed by atoms with Crippen molar-refractivity contribution in [3.05, 3.63) is 23.8 Å². The molecule has 3 fully saturated rings. The highest BCUT2D eigenvalue weighted by molar-refractivity contribution is 6.01. The normalized spacial score (nSPS) is 45.9. The highest BCUT2D eigenvalue weighted by Crippen LogP contribution is 2.71. The number of halogens is 1. The highest BCUT2D eigenvalue weighted by atomic mass is 19.1. The fraction of sp³-hybridized carbons (Fsp3) is 0.720. The molecule has 31 heavy (non-hydrogen) atoms. The molecule has 0 aromatic heterocycles. The Morgan fingerprint density at radius 3 is 2.61 bits per heavy atom. The van der Waals surface area contributed by atoms with Crippen LogP contribution in [0.15, 0.2) is 23.8 Å². The lowest BCUT2D eigenvalue weighted by molar-refractivity contribution is -0.213. The average Bonchev–Trinajstić information content (AvgIpc) is 2.92. The molecule has 0 radical (unpaired) electrons. The number of hydrogen-bond acceptors (Lipinski definition) is 4. The van der Waals surface area contributed by atoms with Gasteiger partial charge in [0.1, 0.15) is 5.67 Å². The van der Waals surface area contributed by atoms with Crippen LogP contribution >= 0.6 is 0 Å². The second kappa shape index (κ2) is 7.01. The maximum Gasteiger partial charge on any atom is 0.349 e. The number of hydrogen-bond donors (Lipinski definition) is 1. The molecule has 4 aliphatic rings. The molecule has 7 atom stereocenters. The molecule has 0 aliphatic heterocycles. The van der Waals surface area contributed by atoms with Crippen LogP contribution < -0.4 is 0 Å². The van der Waals surface area contributed by atoms with Crippen LogP contribution in [0.25, 0.3) is 0 Å². The average molecular weight is 433 g/mol. The van der Waals surface area contributed by atoms with Gasteiger partial charge in [-0.3, -0.25) is 9.59 Å². The first-order valence-electron chi connectivity index (χ1n) is 11.5. The zero-order chi connectivity index (χ0) is 22.8. The second-order valence-electron chi connectivity index (χ2n) is 10.5. The van der Waals surface area contributed by atoms with Gasteiger partial charge in [0, 0.05) is 23.2 Å². The van der Waals surface area contributed by atoms with E-state index in [1.165, 1.54) is 6.08 Å². The van der Waals surface area contributed by atoms with Crippen LogP contribution in [0.4, 0.5) is 4.39 Å². The predicted octanol–water partition coefficient (Wildman–Crippen LogP) is 4.80. The zero-order valence-electron chi connectivity index (χ0n) is 18.9. The Morgan fingerprint density at radius 2 is 1.97 bits per heavy atom. The molecule has 0 saturated heterocycles. The molecule has 170 valence electrons. The quantitative estimate of drug-likeness (QED) is 0.646. The highest BCUT2D eigenvalue weighted by Gasteiger charge is 2.75. The molecular formula is C25H33FO5. The first kappa shape index (κ1) is 22.2. The summed E-state index contributed by atoms with van der Waals surface area (Å²) in [5, 5.41) is 10.4. The number of esters is 1. The number of alkyl halides is 1. The summed E-state index contributed by atoms with van der Waals surface area (Å²) in [5.41, 5.74) is -4.05. The lowest BCUT2D eigenvalue weighted by Gasteiger charge is -2.60. The maximum absolute atomic E-state index is 17.0. The third kappa shape index (κ3) is 2.69. The van der Waals surface area contributed by atoms with Gasteiger partial charge in [-0.25, -0.2) is 9.18 Å². The Bertz CT molecular complexity index is 892. The van der Waals surface area contributed by atoms with Crippen molar-refractivity contribution in [3.8, 4) is 0 Å². The Kier molecular flexibility index (Phi) is 5.03. The summed E-state index contributed by atoms with van der Waals surface area (Å²) >= 11 is 0. The maximum atomic E-state index is 17.0. The summed E-state index contributed by atoms with van der Waals surface area (Å²) < 4.78 is 22.8. The number of aliphatic carboxylic acids is 1. The van der Waals surface area contributed by atoms with E-state index in [0.717, 1.165) is 5.57 Å². The van der Waals surface area contributed by atoms with E-state index in [1.54, 1.807) is 12.2 Å². The Hall–Kier alpha value is -1.98. The standard InChI is InChI=1S/C25H33FO5/c1-5-6-20(28)31-25(21(29)30)15(2)13-19-18-8-7-16-14-17(27)9-10-22(16,3)24(18,26)12-11-23(19,25)4/h9-10,14-15,18-19H,5-8,11-13H2,1-4H3,(H,29,30)/t15-,18-,19-,22-,23-,24+,25-/m0/s1. The van der Waals surface area contributed by atoms with Gasteiger partial charge >= 0.3 is 11.9 Å². The summed E-state index contributed by atoms with van der Waals surface area (Å²) in [6.45, 7) is 7.44. The molecule has 0 aromatic carbocycles. The van der Waals surface area contributed by atoms with Gasteiger partial charge in [0.15, 0.2) is 5.78 Å². The minimum atomic E-state index is -1.64. The van der Waals surface area contributed by atoms with E-state index in [0.29, 0.717) is 32.1 Å². The zero-order valence-corrected chi connectivity index (χ0v) is 18.9. The lowest BCUT2D eigenvalue weighted by Crippen LogP contribution is -2.64. The van der Waals surface area contributed by atoms with Gasteiger partial charge < -0.3 is 9.84 Å². The third-order valence-corrected chi connectivity index (χ3v) is 9.25. The summed E-state index contributed by atoms with van der Waals surface area (Å²) in [5.74, 6) is -2.68. The SMILES string of the molecule is CCCC(=O)O[C@]1(C(=O)O)[C@@H](C)C[C@H]2[C@@H]3CCC4=CC(=O)C=C[C@]4(C)[C@@]3(F)CC[C@@]21C. The first-order chi connectivity index (χ1) is 14.5. The van der Waals surface area contributed by atoms with Gasteiger partial charge in [0.25, 0.3) is 0 Å². The van der Waals surface area contributed by atoms with Crippen molar-refractivity contribution in [2.45, 2.75) is 83.9 Å². The summed E-state index contributed by atoms with van der Waals surface area (Å²) in [7, 11) is 0. The first-order valence-corrected chi connectivity index (χ1v) is 11.5. The minimum absolute atomic E-state index is 0.0996. The number of carbonyl (C=O) groups is 3. The van der Waals surface area contributed by atoms with Gasteiger partial charge in [0.05, 0.1) is 0 Å². The van der Waals surface area contributed by atoms with Gasteiger partial charge in [0.2, 0.25) is 5.60 Å². The minimum Gasteiger partial charge on any atom is -0.478 e. The molecule has 1 N–H and O–H groups in total. The van der Waals surface area contributed by atoms with Crippen LogP contribution in [0.2, 0.25) is 0 Å². The molecular weight excluding hydrogens is 399 g/mol. The van der Waals surface area contributed by atoms with Crippen molar-refractivity contribution < 1.29 is 28.6 Å². The fourth-order valence-corrected chi connectivity index (χ4v) is 7.57. The molecule has 6 heteroatoms. The van der Waals surface area contributed by atoms with Crippen molar-refractivity contribution in [2.24, 2.45) is 28.6 Å². The number of ether oxygens (including phenoxy) is 1. The second-order valence-corrected chi connectivity index (χ2v) is 10.5. The number of ketones is 1. The van der Waals surface area contributed by atoms with Crippen molar-refractivity contribution >= 4 is 17.7 Å². The fourth-order valence-electron chi connectivity index (χ4n) is 7.57. The van der Waals surface area contributed by atoms with E-state index in [9.17, 15) is 19.5 Å². The summed E-state index contributed by atoms with van der Waals surface area (Å²) in [4.78, 5) is 37.1. The molecule has 4 aliphatic carbocycles. The van der Waals surface area contributed by atoms with Gasteiger partial charge in [-0.15, -0.1) is 0 Å². The molecule has 0 unspecified atom stereocenters. The van der Waals surface area contributed by atoms with E-state index in [4.69, 9.17) is 4.74 Å². The third-order valence-electron chi connectivity index (χ3n) is 9.25. The molecule has 0 amide bonds. The largest absolute Gasteiger partial charge is 0.478 e. The summed E-state index contributed by atoms with van der Waals surface area (Å²) in [6, 6.07) is 0. The van der Waals surface area contributed by atoms with Crippen molar-refractivity contribution in [1.29, 1.82) is 0 Å². The number of carboxylic acid groups (broad SMARTS) is 1. The van der Waals surface area contributed by atoms with Crippen LogP contribution in [0.3, 0.4) is 0 Å². The van der Waals surface area contributed by atoms with Crippen LogP contribution in [-0.4, -0.2) is 34.1 Å². The van der Waals surface area contributed by atoms with E-state index in [-0.39, 0.29) is 30.5 Å². The molecule has 0 aromatic rings. The molecule has 0 spiro atoms. The topological polar surface area (TPSA) is 80.7 Å². The van der Waals surface area contributed by atoms with Crippen LogP contribution in [0.1, 0.15) is 72.6 Å². The van der Waals surface area contributed by atoms with Crippen LogP contribution in [0, 0.1) is 28.6 Å². The monoisotopic (exact) mass is 432 g/mol. The number of carbonyl (C=O) groups excluding carboxylic acids is 2. The number of allylic oxidation sites excluding steroid dienone is 4. The summed E-state index contributed by atoms with van der Waals surface area (Å²) in [6.07, 6.45) is 7.74. The Balaban J connectivity index is 1.77.